The molecule has 2 rings (SSSR count). The van der Waals surface area contributed by atoms with E-state index in [2.05, 4.69) is 9.69 Å². The molecule has 0 radical (unpaired) electrons. The van der Waals surface area contributed by atoms with Crippen LogP contribution in [0.1, 0.15) is 32.6 Å². The Bertz CT molecular complexity index is 387. The highest BCUT2D eigenvalue weighted by molar-refractivity contribution is 5.22. The fourth-order valence-corrected chi connectivity index (χ4v) is 3.26. The Kier molecular flexibility index (Phi) is 2.52. The molecule has 1 unspecified atom stereocenters. The van der Waals surface area contributed by atoms with Crippen molar-refractivity contribution < 1.29 is 5.11 Å². The number of allylic oxidation sites excluding steroid dienone is 1. The van der Waals surface area contributed by atoms with E-state index in [0.717, 1.165) is 19.3 Å². The summed E-state index contributed by atoms with van der Waals surface area (Å²) in [5.41, 5.74) is -1.26. The first-order valence-electron chi connectivity index (χ1n) is 5.69. The minimum atomic E-state index is -0.973. The van der Waals surface area contributed by atoms with Crippen LogP contribution in [0, 0.1) is 24.5 Å². The zero-order chi connectivity index (χ0) is 11.8. The molecule has 16 heavy (non-hydrogen) atoms. The lowest BCUT2D eigenvalue weighted by atomic mass is 9.70. The first kappa shape index (κ1) is 11.2. The summed E-state index contributed by atoms with van der Waals surface area (Å²) >= 11 is 0. The number of aliphatic hydroxyl groups excluding tert-OH is 1. The summed E-state index contributed by atoms with van der Waals surface area (Å²) < 4.78 is 0. The summed E-state index contributed by atoms with van der Waals surface area (Å²) in [6.45, 7) is 16.7. The SMILES string of the molecule is [C-]#[N+]C1([N+]#[C-])CC=CC[C@@]2(C)C1CC[C@@H]2O. The topological polar surface area (TPSA) is 29.0 Å². The van der Waals surface area contributed by atoms with Crippen molar-refractivity contribution in [2.45, 2.75) is 44.4 Å². The average Bonchev–Trinajstić information content (AvgIpc) is 2.50. The zero-order valence-electron chi connectivity index (χ0n) is 9.48. The molecule has 0 amide bonds. The van der Waals surface area contributed by atoms with Crippen LogP contribution < -0.4 is 0 Å². The lowest BCUT2D eigenvalue weighted by Gasteiger charge is -2.32. The van der Waals surface area contributed by atoms with Gasteiger partial charge in [0.1, 0.15) is 12.3 Å². The van der Waals surface area contributed by atoms with E-state index >= 15 is 0 Å². The Morgan fingerprint density at radius 1 is 1.19 bits per heavy atom. The average molecular weight is 216 g/mol. The van der Waals surface area contributed by atoms with Crippen molar-refractivity contribution in [1.82, 2.24) is 0 Å². The molecule has 3 nitrogen and oxygen atoms in total. The van der Waals surface area contributed by atoms with E-state index in [0.29, 0.717) is 6.42 Å². The maximum Gasteiger partial charge on any atom is 0.489 e. The second-order valence-electron chi connectivity index (χ2n) is 5.13. The van der Waals surface area contributed by atoms with Gasteiger partial charge in [0.15, 0.2) is 0 Å². The van der Waals surface area contributed by atoms with Crippen molar-refractivity contribution in [3.63, 3.8) is 0 Å². The van der Waals surface area contributed by atoms with Gasteiger partial charge in [-0.25, -0.2) is 22.8 Å². The second kappa shape index (κ2) is 3.61. The summed E-state index contributed by atoms with van der Waals surface area (Å²) in [5, 5.41) is 10.1. The molecule has 0 spiro atoms. The smallest absolute Gasteiger partial charge is 0.393 e. The predicted octanol–water partition coefficient (Wildman–Crippen LogP) is 2.65. The highest BCUT2D eigenvalue weighted by Crippen LogP contribution is 2.55. The second-order valence-corrected chi connectivity index (χ2v) is 5.13. The molecule has 0 aliphatic heterocycles. The van der Waals surface area contributed by atoms with Crippen LogP contribution in [0.15, 0.2) is 12.2 Å². The molecule has 2 aliphatic rings. The van der Waals surface area contributed by atoms with Crippen LogP contribution in [0.25, 0.3) is 9.69 Å². The van der Waals surface area contributed by atoms with Gasteiger partial charge < -0.3 is 5.11 Å². The molecule has 0 heterocycles. The molecule has 0 aromatic heterocycles. The standard InChI is InChI=1S/C13H16N2O/c1-12-8-4-5-9-13(14-2,15-3)10(12)6-7-11(12)16/h4-5,10-11,16H,6-9H2,1H3/t10?,11-,12-/m0/s1. The molecule has 1 fully saturated rings. The summed E-state index contributed by atoms with van der Waals surface area (Å²) in [5.74, 6) is -0.000000000000000222. The van der Waals surface area contributed by atoms with Crippen molar-refractivity contribution in [3.8, 4) is 0 Å². The minimum Gasteiger partial charge on any atom is -0.393 e. The van der Waals surface area contributed by atoms with E-state index in [9.17, 15) is 5.11 Å². The van der Waals surface area contributed by atoms with Gasteiger partial charge in [0, 0.05) is 5.41 Å². The lowest BCUT2D eigenvalue weighted by Crippen LogP contribution is -2.42. The van der Waals surface area contributed by atoms with Crippen molar-refractivity contribution in [2.75, 3.05) is 0 Å². The third-order valence-electron chi connectivity index (χ3n) is 4.37. The summed E-state index contributed by atoms with van der Waals surface area (Å²) in [4.78, 5) is 7.23. The molecule has 1 saturated carbocycles. The monoisotopic (exact) mass is 216 g/mol. The van der Waals surface area contributed by atoms with Gasteiger partial charge in [-0.3, -0.25) is 0 Å². The van der Waals surface area contributed by atoms with Gasteiger partial charge in [0.2, 0.25) is 0 Å². The molecule has 1 N–H and O–H groups in total. The first-order valence-corrected chi connectivity index (χ1v) is 5.69. The van der Waals surface area contributed by atoms with E-state index in [4.69, 9.17) is 13.1 Å². The number of rotatable bonds is 0. The van der Waals surface area contributed by atoms with Crippen molar-refractivity contribution in [2.24, 2.45) is 11.3 Å². The fraction of sp³-hybridized carbons (Fsp3) is 0.692. The van der Waals surface area contributed by atoms with Gasteiger partial charge in [-0.05, 0) is 19.3 Å². The number of aliphatic hydroxyl groups is 1. The first-order chi connectivity index (χ1) is 7.59. The Labute approximate surface area is 96.4 Å². The number of hydrogen-bond donors (Lipinski definition) is 1. The number of hydrogen-bond acceptors (Lipinski definition) is 1. The van der Waals surface area contributed by atoms with Crippen LogP contribution in [0.4, 0.5) is 0 Å². The fourth-order valence-electron chi connectivity index (χ4n) is 3.26. The van der Waals surface area contributed by atoms with Crippen LogP contribution in [-0.2, 0) is 0 Å². The quantitative estimate of drug-likeness (QED) is 0.489. The van der Waals surface area contributed by atoms with E-state index in [1.54, 1.807) is 0 Å². The van der Waals surface area contributed by atoms with Crippen molar-refractivity contribution in [3.05, 3.63) is 35.0 Å². The van der Waals surface area contributed by atoms with Crippen molar-refractivity contribution >= 4 is 0 Å². The Balaban J connectivity index is 2.49. The number of nitrogens with zero attached hydrogens (tertiary/aromatic N) is 2. The third kappa shape index (κ3) is 1.29. The van der Waals surface area contributed by atoms with E-state index in [-0.39, 0.29) is 17.4 Å². The van der Waals surface area contributed by atoms with E-state index in [1.807, 2.05) is 19.1 Å². The molecule has 0 aromatic carbocycles. The van der Waals surface area contributed by atoms with Gasteiger partial charge in [-0.1, -0.05) is 19.1 Å². The zero-order valence-corrected chi connectivity index (χ0v) is 9.48. The minimum absolute atomic E-state index is 0.000000000000000222. The third-order valence-corrected chi connectivity index (χ3v) is 4.37. The highest BCUT2D eigenvalue weighted by atomic mass is 16.3. The maximum absolute atomic E-state index is 10.1. The molecule has 3 atom stereocenters. The molecule has 84 valence electrons. The normalized spacial score (nSPS) is 40.5. The maximum atomic E-state index is 10.1. The van der Waals surface area contributed by atoms with Gasteiger partial charge in [-0.2, -0.15) is 0 Å². The van der Waals surface area contributed by atoms with Crippen molar-refractivity contribution in [1.29, 1.82) is 0 Å². The molecule has 3 heteroatoms. The largest absolute Gasteiger partial charge is 0.489 e. The molecular weight excluding hydrogens is 200 g/mol. The summed E-state index contributed by atoms with van der Waals surface area (Å²) in [6.07, 6.45) is 6.40. The Hall–Kier alpha value is -1.32. The van der Waals surface area contributed by atoms with Crippen LogP contribution in [0.5, 0.6) is 0 Å². The molecular formula is C13H16N2O. The van der Waals surface area contributed by atoms with Gasteiger partial charge in [0.25, 0.3) is 0 Å². The lowest BCUT2D eigenvalue weighted by molar-refractivity contribution is 0.0316. The Morgan fingerprint density at radius 2 is 1.81 bits per heavy atom. The van der Waals surface area contributed by atoms with Crippen LogP contribution in [0.2, 0.25) is 0 Å². The van der Waals surface area contributed by atoms with Gasteiger partial charge in [-0.15, -0.1) is 0 Å². The van der Waals surface area contributed by atoms with E-state index < -0.39 is 5.66 Å². The van der Waals surface area contributed by atoms with Gasteiger partial charge >= 0.3 is 5.66 Å². The Morgan fingerprint density at radius 3 is 2.44 bits per heavy atom. The van der Waals surface area contributed by atoms with Crippen LogP contribution in [0.3, 0.4) is 0 Å². The molecule has 0 bridgehead atoms. The molecule has 0 aromatic rings. The van der Waals surface area contributed by atoms with Gasteiger partial charge in [0.05, 0.1) is 6.10 Å². The highest BCUT2D eigenvalue weighted by Gasteiger charge is 2.64. The summed E-state index contributed by atoms with van der Waals surface area (Å²) in [6, 6.07) is 0. The van der Waals surface area contributed by atoms with Crippen LogP contribution >= 0.6 is 0 Å². The molecule has 0 saturated heterocycles. The van der Waals surface area contributed by atoms with Crippen LogP contribution in [-0.4, -0.2) is 16.9 Å². The van der Waals surface area contributed by atoms with E-state index in [1.165, 1.54) is 0 Å². The summed E-state index contributed by atoms with van der Waals surface area (Å²) in [7, 11) is 0. The predicted molar refractivity (Wildman–Crippen MR) is 61.1 cm³/mol. The number of fused-ring (bicyclic) bond motifs is 1. The molecule has 2 aliphatic carbocycles.